The number of pyridine rings is 1. The van der Waals surface area contributed by atoms with Gasteiger partial charge >= 0.3 is 6.03 Å². The number of hydrogen-bond donors (Lipinski definition) is 1. The molecule has 3 heterocycles. The van der Waals surface area contributed by atoms with Crippen LogP contribution >= 0.6 is 0 Å². The number of amides is 2. The lowest BCUT2D eigenvalue weighted by atomic mass is 10.2. The molecule has 1 aliphatic rings. The van der Waals surface area contributed by atoms with E-state index < -0.39 is 0 Å². The SMILES string of the molecule is CCn1ncc(NC(=O)N2CCN(C)c3ncccc3C2)n1. The first kappa shape index (κ1) is 14.3. The molecule has 0 saturated heterocycles. The molecule has 22 heavy (non-hydrogen) atoms. The second-order valence-corrected chi connectivity index (χ2v) is 5.18. The van der Waals surface area contributed by atoms with Crippen molar-refractivity contribution in [1.29, 1.82) is 0 Å². The molecule has 2 aromatic heterocycles. The van der Waals surface area contributed by atoms with Gasteiger partial charge in [-0.05, 0) is 13.0 Å². The molecule has 0 aliphatic carbocycles. The molecule has 0 aromatic carbocycles. The molecule has 2 aromatic rings. The summed E-state index contributed by atoms with van der Waals surface area (Å²) in [4.78, 5) is 22.2. The van der Waals surface area contributed by atoms with E-state index in [2.05, 4.69) is 25.4 Å². The van der Waals surface area contributed by atoms with E-state index in [0.29, 0.717) is 25.5 Å². The fourth-order valence-electron chi connectivity index (χ4n) is 2.43. The molecular formula is C14H19N7O. The summed E-state index contributed by atoms with van der Waals surface area (Å²) >= 11 is 0. The Hall–Kier alpha value is -2.64. The van der Waals surface area contributed by atoms with Gasteiger partial charge in [-0.15, -0.1) is 5.10 Å². The number of likely N-dealkylation sites (N-methyl/N-ethyl adjacent to an activating group) is 1. The van der Waals surface area contributed by atoms with Crippen LogP contribution in [0.3, 0.4) is 0 Å². The van der Waals surface area contributed by atoms with Gasteiger partial charge in [0.25, 0.3) is 0 Å². The highest BCUT2D eigenvalue weighted by atomic mass is 16.2. The summed E-state index contributed by atoms with van der Waals surface area (Å²) in [5, 5.41) is 11.0. The normalized spacial score (nSPS) is 14.5. The van der Waals surface area contributed by atoms with Crippen molar-refractivity contribution in [3.63, 3.8) is 0 Å². The lowest BCUT2D eigenvalue weighted by molar-refractivity contribution is 0.211. The van der Waals surface area contributed by atoms with Crippen LogP contribution in [-0.4, -0.2) is 51.0 Å². The molecule has 3 rings (SSSR count). The number of anilines is 2. The smallest absolute Gasteiger partial charge is 0.323 e. The van der Waals surface area contributed by atoms with Gasteiger partial charge in [0.15, 0.2) is 5.82 Å². The quantitative estimate of drug-likeness (QED) is 0.901. The molecule has 0 spiro atoms. The minimum absolute atomic E-state index is 0.173. The number of nitrogens with one attached hydrogen (secondary N) is 1. The maximum Gasteiger partial charge on any atom is 0.323 e. The molecule has 1 aliphatic heterocycles. The van der Waals surface area contributed by atoms with Crippen LogP contribution in [0.25, 0.3) is 0 Å². The molecule has 0 unspecified atom stereocenters. The van der Waals surface area contributed by atoms with Crippen molar-refractivity contribution in [2.75, 3.05) is 30.4 Å². The van der Waals surface area contributed by atoms with Gasteiger partial charge < -0.3 is 9.80 Å². The van der Waals surface area contributed by atoms with E-state index in [1.807, 2.05) is 26.1 Å². The third-order valence-corrected chi connectivity index (χ3v) is 3.64. The van der Waals surface area contributed by atoms with Crippen LogP contribution in [0.1, 0.15) is 12.5 Å². The van der Waals surface area contributed by atoms with E-state index in [0.717, 1.165) is 17.9 Å². The average molecular weight is 301 g/mol. The van der Waals surface area contributed by atoms with E-state index in [1.54, 1.807) is 17.3 Å². The molecule has 0 saturated carbocycles. The number of carbonyl (C=O) groups excluding carboxylic acids is 1. The molecule has 8 nitrogen and oxygen atoms in total. The standard InChI is InChI=1S/C14H19N7O/c1-3-21-16-9-12(18-21)17-14(22)20-8-7-19(2)13-11(10-20)5-4-6-15-13/h4-6,9H,3,7-8,10H2,1-2H3,(H,17,18,22). The molecule has 0 radical (unpaired) electrons. The molecule has 2 amide bonds. The lowest BCUT2D eigenvalue weighted by Gasteiger charge is -2.20. The maximum atomic E-state index is 12.4. The van der Waals surface area contributed by atoms with E-state index in [9.17, 15) is 4.79 Å². The zero-order valence-corrected chi connectivity index (χ0v) is 12.7. The maximum absolute atomic E-state index is 12.4. The predicted molar refractivity (Wildman–Crippen MR) is 82.6 cm³/mol. The van der Waals surface area contributed by atoms with Crippen molar-refractivity contribution in [3.8, 4) is 0 Å². The number of carbonyl (C=O) groups is 1. The van der Waals surface area contributed by atoms with Gasteiger partial charge in [-0.25, -0.2) is 9.78 Å². The number of aromatic nitrogens is 4. The highest BCUT2D eigenvalue weighted by molar-refractivity contribution is 5.88. The van der Waals surface area contributed by atoms with Crippen LogP contribution in [0.2, 0.25) is 0 Å². The van der Waals surface area contributed by atoms with Crippen LogP contribution in [0, 0.1) is 0 Å². The minimum Gasteiger partial charge on any atom is -0.358 e. The van der Waals surface area contributed by atoms with Crippen LogP contribution < -0.4 is 10.2 Å². The number of rotatable bonds is 2. The Morgan fingerprint density at radius 1 is 1.41 bits per heavy atom. The Bertz CT molecular complexity index is 669. The first-order valence-electron chi connectivity index (χ1n) is 7.28. The number of hydrogen-bond acceptors (Lipinski definition) is 5. The molecule has 0 atom stereocenters. The third-order valence-electron chi connectivity index (χ3n) is 3.64. The first-order valence-corrected chi connectivity index (χ1v) is 7.28. The fraction of sp³-hybridized carbons (Fsp3) is 0.429. The second kappa shape index (κ2) is 6.00. The first-order chi connectivity index (χ1) is 10.7. The Morgan fingerprint density at radius 2 is 2.27 bits per heavy atom. The monoisotopic (exact) mass is 301 g/mol. The number of urea groups is 1. The van der Waals surface area contributed by atoms with Crippen molar-refractivity contribution in [3.05, 3.63) is 30.1 Å². The zero-order chi connectivity index (χ0) is 15.5. The van der Waals surface area contributed by atoms with E-state index in [1.165, 1.54) is 4.80 Å². The van der Waals surface area contributed by atoms with Gasteiger partial charge in [0, 0.05) is 31.9 Å². The van der Waals surface area contributed by atoms with Gasteiger partial charge in [-0.3, -0.25) is 5.32 Å². The van der Waals surface area contributed by atoms with Gasteiger partial charge in [0.05, 0.1) is 19.3 Å². The molecule has 0 bridgehead atoms. The summed E-state index contributed by atoms with van der Waals surface area (Å²) in [6, 6.07) is 3.71. The average Bonchev–Trinajstić information content (AvgIpc) is 2.91. The van der Waals surface area contributed by atoms with Crippen molar-refractivity contribution >= 4 is 17.7 Å². The molecule has 8 heteroatoms. The Balaban J connectivity index is 1.73. The van der Waals surface area contributed by atoms with Gasteiger partial charge in [0.1, 0.15) is 5.82 Å². The summed E-state index contributed by atoms with van der Waals surface area (Å²) in [7, 11) is 1.99. The fourth-order valence-corrected chi connectivity index (χ4v) is 2.43. The topological polar surface area (TPSA) is 79.2 Å². The Kier molecular flexibility index (Phi) is 3.90. The Labute approximate surface area is 128 Å². The molecule has 116 valence electrons. The van der Waals surface area contributed by atoms with Crippen molar-refractivity contribution in [2.24, 2.45) is 0 Å². The van der Waals surface area contributed by atoms with Gasteiger partial charge in [0.2, 0.25) is 0 Å². The summed E-state index contributed by atoms with van der Waals surface area (Å²) in [5.41, 5.74) is 1.04. The van der Waals surface area contributed by atoms with Crippen LogP contribution in [-0.2, 0) is 13.1 Å². The summed E-state index contributed by atoms with van der Waals surface area (Å²) in [6.45, 7) is 4.50. The number of aryl methyl sites for hydroxylation is 1. The minimum atomic E-state index is -0.173. The van der Waals surface area contributed by atoms with Crippen molar-refractivity contribution < 1.29 is 4.79 Å². The number of fused-ring (bicyclic) bond motifs is 1. The molecule has 0 fully saturated rings. The van der Waals surface area contributed by atoms with E-state index in [4.69, 9.17) is 0 Å². The van der Waals surface area contributed by atoms with Gasteiger partial charge in [-0.1, -0.05) is 6.07 Å². The zero-order valence-electron chi connectivity index (χ0n) is 12.7. The van der Waals surface area contributed by atoms with Gasteiger partial charge in [-0.2, -0.15) is 9.90 Å². The van der Waals surface area contributed by atoms with E-state index >= 15 is 0 Å². The lowest BCUT2D eigenvalue weighted by Crippen LogP contribution is -2.37. The van der Waals surface area contributed by atoms with Crippen LogP contribution in [0.5, 0.6) is 0 Å². The Morgan fingerprint density at radius 3 is 3.05 bits per heavy atom. The van der Waals surface area contributed by atoms with E-state index in [-0.39, 0.29) is 6.03 Å². The van der Waals surface area contributed by atoms with Crippen molar-refractivity contribution in [2.45, 2.75) is 20.0 Å². The molecular weight excluding hydrogens is 282 g/mol. The summed E-state index contributed by atoms with van der Waals surface area (Å²) < 4.78 is 0. The molecule has 1 N–H and O–H groups in total. The van der Waals surface area contributed by atoms with Crippen molar-refractivity contribution in [1.82, 2.24) is 24.9 Å². The highest BCUT2D eigenvalue weighted by Crippen LogP contribution is 2.21. The second-order valence-electron chi connectivity index (χ2n) is 5.18. The highest BCUT2D eigenvalue weighted by Gasteiger charge is 2.22. The summed E-state index contributed by atoms with van der Waals surface area (Å²) in [6.07, 6.45) is 3.33. The number of nitrogens with zero attached hydrogens (tertiary/aromatic N) is 6. The summed E-state index contributed by atoms with van der Waals surface area (Å²) in [5.74, 6) is 1.39. The largest absolute Gasteiger partial charge is 0.358 e. The third kappa shape index (κ3) is 2.85. The van der Waals surface area contributed by atoms with Crippen LogP contribution in [0.4, 0.5) is 16.4 Å². The van der Waals surface area contributed by atoms with Crippen LogP contribution in [0.15, 0.2) is 24.5 Å². The predicted octanol–water partition coefficient (Wildman–Crippen LogP) is 1.18.